The van der Waals surface area contributed by atoms with Crippen molar-refractivity contribution in [3.63, 3.8) is 0 Å². The standard InChI is InChI=1S/C33H43Cl3N4O6.C31H40N4O5/c1-19(2)25(29(43)38-20(3)30(44)40-13-7-8-26(39-40)31(45)46-18-33(34,35)36)16-28(42)32(5,6)12-11-22-9-10-23-17-37-27(21(4)41)15-24(23)14-22;1-18(2)24-16-27(36)31(5,6)12-11-21-9-10-22-17-32-26(15-23(22)14-21)20(4)40-30(39)25-8-7-13-35(34-25)29(38)19(3)33-28(24)37/h9-12,14-15,17,19-21,25-26,39,41H,7-8,13,16,18H2,1-6H3,(H,38,43);9-12,14-15,17-20,24-25,34H,7-8,13,16H2,1-6H3,(H,33,37)/b2*12-11+/t20-,21+,25-,26-;19-,20+,24-,25-/m00/s1. The lowest BCUT2D eigenvalue weighted by Crippen LogP contribution is -2.60. The topological polar surface area (TPSA) is 256 Å². The van der Waals surface area contributed by atoms with E-state index in [1.54, 1.807) is 53.9 Å². The summed E-state index contributed by atoms with van der Waals surface area (Å²) in [6.45, 7) is 21.7. The highest BCUT2D eigenvalue weighted by molar-refractivity contribution is 6.67. The molecular formula is C64H83Cl3N8O11. The van der Waals surface area contributed by atoms with Gasteiger partial charge in [-0.2, -0.15) is 0 Å². The molecule has 2 saturated heterocycles. The van der Waals surface area contributed by atoms with E-state index in [0.29, 0.717) is 50.2 Å². The summed E-state index contributed by atoms with van der Waals surface area (Å²) in [6.07, 6.45) is 11.8. The number of pyridine rings is 2. The Labute approximate surface area is 519 Å². The van der Waals surface area contributed by atoms with Crippen LogP contribution in [0.3, 0.4) is 0 Å². The second-order valence-corrected chi connectivity index (χ2v) is 27.1. The molecule has 7 rings (SSSR count). The Bertz CT molecular complexity index is 3210. The van der Waals surface area contributed by atoms with Crippen molar-refractivity contribution in [1.29, 1.82) is 0 Å². The van der Waals surface area contributed by atoms with Gasteiger partial charge in [0.2, 0.25) is 15.6 Å². The fourth-order valence-electron chi connectivity index (χ4n) is 10.0. The van der Waals surface area contributed by atoms with Gasteiger partial charge in [-0.1, -0.05) is 111 Å². The number of alkyl halides is 3. The average molecular weight is 1250 g/mol. The average Bonchev–Trinajstić information content (AvgIpc) is 1.98. The van der Waals surface area contributed by atoms with Crippen molar-refractivity contribution in [2.24, 2.45) is 34.5 Å². The summed E-state index contributed by atoms with van der Waals surface area (Å²) < 4.78 is 9.04. The molecule has 0 spiro atoms. The predicted molar refractivity (Wildman–Crippen MR) is 332 cm³/mol. The van der Waals surface area contributed by atoms with Crippen LogP contribution in [-0.4, -0.2) is 120 Å². The van der Waals surface area contributed by atoms with Gasteiger partial charge in [0.05, 0.1) is 17.5 Å². The monoisotopic (exact) mass is 1240 g/mol. The normalized spacial score (nSPS) is 22.4. The Morgan fingerprint density at radius 2 is 1.53 bits per heavy atom. The zero-order valence-corrected chi connectivity index (χ0v) is 53.4. The zero-order chi connectivity index (χ0) is 63.6. The largest absolute Gasteiger partial charge is 0.460 e. The number of carbonyl (C=O) groups is 8. The van der Waals surface area contributed by atoms with Gasteiger partial charge >= 0.3 is 11.9 Å². The van der Waals surface area contributed by atoms with Crippen LogP contribution >= 0.6 is 34.8 Å². The number of halogens is 3. The van der Waals surface area contributed by atoms with Crippen molar-refractivity contribution in [3.8, 4) is 0 Å². The van der Waals surface area contributed by atoms with Gasteiger partial charge in [0.1, 0.15) is 48.4 Å². The van der Waals surface area contributed by atoms with Gasteiger partial charge in [-0.15, -0.1) is 0 Å². The fraction of sp³-hybridized carbons (Fsp3) is 0.531. The van der Waals surface area contributed by atoms with E-state index in [1.807, 2.05) is 114 Å². The van der Waals surface area contributed by atoms with Crippen LogP contribution in [0, 0.1) is 34.5 Å². The Morgan fingerprint density at radius 1 is 0.872 bits per heavy atom. The highest BCUT2D eigenvalue weighted by atomic mass is 35.6. The number of Topliss-reactive ketones (excluding diaryl/α,β-unsaturated/α-hetero) is 2. The molecule has 5 bridgehead atoms. The highest BCUT2D eigenvalue weighted by Crippen LogP contribution is 2.32. The third-order valence-electron chi connectivity index (χ3n) is 15.9. The number of ketones is 2. The summed E-state index contributed by atoms with van der Waals surface area (Å²) >= 11 is 17.0. The number of benzene rings is 2. The van der Waals surface area contributed by atoms with E-state index in [-0.39, 0.29) is 48.1 Å². The zero-order valence-electron chi connectivity index (χ0n) is 51.2. The van der Waals surface area contributed by atoms with Crippen molar-refractivity contribution in [2.45, 2.75) is 162 Å². The number of amides is 4. The molecule has 2 aromatic heterocycles. The van der Waals surface area contributed by atoms with E-state index in [4.69, 9.17) is 44.3 Å². The molecular weight excluding hydrogens is 1160 g/mol. The van der Waals surface area contributed by atoms with Crippen LogP contribution in [0.5, 0.6) is 0 Å². The SMILES string of the molecule is CC(C)[C@@H]1CC(=O)C(C)(C)/C=C/c2ccc3cnc(cc3c2)[C@@H](C)OC(=O)[C@@H]2CCCN(N2)C(=O)[C@H](C)NC1=O.CC(C)[C@H](CC(=O)C(C)(C)/C=C/c1ccc2cnc([C@@H](C)O)cc2c1)C(=O)N[C@@H](C)C(=O)N1CCC[C@@H](C(=O)OCC(Cl)(Cl)Cl)N1. The van der Waals surface area contributed by atoms with Crippen LogP contribution in [0.15, 0.2) is 73.1 Å². The first-order chi connectivity index (χ1) is 40.2. The van der Waals surface area contributed by atoms with Gasteiger partial charge in [0.15, 0.2) is 0 Å². The second-order valence-electron chi connectivity index (χ2n) is 24.6. The molecule has 86 heavy (non-hydrogen) atoms. The lowest BCUT2D eigenvalue weighted by molar-refractivity contribution is -0.157. The first-order valence-electron chi connectivity index (χ1n) is 29.4. The van der Waals surface area contributed by atoms with Crippen LogP contribution < -0.4 is 21.5 Å². The molecule has 0 radical (unpaired) electrons. The molecule has 22 heteroatoms. The molecule has 3 aliphatic rings. The maximum absolute atomic E-state index is 13.5. The predicted octanol–water partition coefficient (Wildman–Crippen LogP) is 9.60. The first-order valence-corrected chi connectivity index (χ1v) is 30.5. The van der Waals surface area contributed by atoms with Crippen molar-refractivity contribution in [3.05, 3.63) is 95.6 Å². The van der Waals surface area contributed by atoms with Crippen molar-refractivity contribution < 1.29 is 52.9 Å². The minimum Gasteiger partial charge on any atom is -0.460 e. The summed E-state index contributed by atoms with van der Waals surface area (Å²) in [6, 6.07) is 12.2. The highest BCUT2D eigenvalue weighted by Gasteiger charge is 2.38. The van der Waals surface area contributed by atoms with E-state index < -0.39 is 93.2 Å². The summed E-state index contributed by atoms with van der Waals surface area (Å²) in [7, 11) is 0. The number of aliphatic hydroxyl groups excluding tert-OH is 1. The number of hydrogen-bond donors (Lipinski definition) is 5. The number of fused-ring (bicyclic) bond motifs is 5. The van der Waals surface area contributed by atoms with Crippen molar-refractivity contribution in [1.82, 2.24) is 41.5 Å². The molecule has 0 aliphatic carbocycles. The lowest BCUT2D eigenvalue weighted by Gasteiger charge is -2.35. The van der Waals surface area contributed by atoms with Crippen LogP contribution in [-0.2, 0) is 47.8 Å². The first kappa shape index (κ1) is 68.8. The smallest absolute Gasteiger partial charge is 0.325 e. The Morgan fingerprint density at radius 3 is 2.20 bits per heavy atom. The van der Waals surface area contributed by atoms with Crippen LogP contribution in [0.1, 0.15) is 156 Å². The minimum absolute atomic E-state index is 0.0119. The Balaban J connectivity index is 0.000000278. The van der Waals surface area contributed by atoms with E-state index in [9.17, 15) is 43.5 Å². The van der Waals surface area contributed by atoms with Gasteiger partial charge < -0.3 is 25.2 Å². The minimum atomic E-state index is -1.75. The van der Waals surface area contributed by atoms with Gasteiger partial charge in [-0.05, 0) is 139 Å². The summed E-state index contributed by atoms with van der Waals surface area (Å²) in [4.78, 5) is 114. The number of esters is 2. The number of allylic oxidation sites excluding steroid dienone is 2. The van der Waals surface area contributed by atoms with E-state index >= 15 is 0 Å². The molecule has 4 amide bonds. The fourth-order valence-corrected chi connectivity index (χ4v) is 10.2. The number of hydrogen-bond acceptors (Lipinski definition) is 15. The molecule has 19 nitrogen and oxygen atoms in total. The molecule has 2 fully saturated rings. The quantitative estimate of drug-likeness (QED) is 0.0617. The van der Waals surface area contributed by atoms with Gasteiger partial charge in [-0.3, -0.25) is 58.3 Å². The van der Waals surface area contributed by atoms with Gasteiger partial charge in [0, 0.05) is 71.8 Å². The maximum atomic E-state index is 13.5. The molecule has 5 N–H and O–H groups in total. The molecule has 4 aromatic rings. The van der Waals surface area contributed by atoms with Crippen molar-refractivity contribution >= 4 is 116 Å². The molecule has 466 valence electrons. The molecule has 0 saturated carbocycles. The number of ether oxygens (including phenoxy) is 2. The third kappa shape index (κ3) is 18.8. The van der Waals surface area contributed by atoms with E-state index in [2.05, 4.69) is 31.5 Å². The van der Waals surface area contributed by atoms with Crippen LogP contribution in [0.25, 0.3) is 33.7 Å². The Hall–Kier alpha value is -6.35. The summed E-state index contributed by atoms with van der Waals surface area (Å²) in [5.74, 6) is -4.36. The maximum Gasteiger partial charge on any atom is 0.325 e. The van der Waals surface area contributed by atoms with Crippen LogP contribution in [0.2, 0.25) is 0 Å². The third-order valence-corrected chi connectivity index (χ3v) is 16.2. The molecule has 0 unspecified atom stereocenters. The number of rotatable bonds is 13. The van der Waals surface area contributed by atoms with E-state index in [1.165, 1.54) is 10.0 Å². The number of aliphatic hydroxyl groups is 1. The van der Waals surface area contributed by atoms with Crippen LogP contribution in [0.4, 0.5) is 0 Å². The van der Waals surface area contributed by atoms with E-state index in [0.717, 1.165) is 32.7 Å². The van der Waals surface area contributed by atoms with Crippen molar-refractivity contribution in [2.75, 3.05) is 19.7 Å². The molecule has 5 heterocycles. The number of nitrogens with one attached hydrogen (secondary N) is 4. The number of hydrazine groups is 2. The number of cyclic esters (lactones) is 1. The molecule has 3 aliphatic heterocycles. The van der Waals surface area contributed by atoms with Gasteiger partial charge in [-0.25, -0.2) is 10.9 Å². The second kappa shape index (κ2) is 29.6. The number of carbonyl (C=O) groups excluding carboxylic acids is 8. The Kier molecular flexibility index (Phi) is 23.6. The summed E-state index contributed by atoms with van der Waals surface area (Å²) in [5.41, 5.74) is 7.15. The number of nitrogens with zero attached hydrogens (tertiary/aromatic N) is 4. The molecule has 2 aromatic carbocycles. The summed E-state index contributed by atoms with van der Waals surface area (Å²) in [5, 5.41) is 21.8. The number of aromatic nitrogens is 2. The van der Waals surface area contributed by atoms with Gasteiger partial charge in [0.25, 0.3) is 11.8 Å². The molecule has 8 atom stereocenters. The lowest BCUT2D eigenvalue weighted by atomic mass is 9.79.